The van der Waals surface area contributed by atoms with Gasteiger partial charge in [-0.3, -0.25) is 14.9 Å². The van der Waals surface area contributed by atoms with Crippen LogP contribution in [0.4, 0.5) is 11.4 Å². The minimum absolute atomic E-state index is 0.0132. The van der Waals surface area contributed by atoms with Gasteiger partial charge >= 0.3 is 0 Å². The summed E-state index contributed by atoms with van der Waals surface area (Å²) in [6.07, 6.45) is 0. The second kappa shape index (κ2) is 6.76. The first-order valence-electron chi connectivity index (χ1n) is 6.01. The Morgan fingerprint density at radius 3 is 2.59 bits per heavy atom. The van der Waals surface area contributed by atoms with Gasteiger partial charge in [0.25, 0.3) is 11.6 Å². The zero-order chi connectivity index (χ0) is 16.3. The Hall–Kier alpha value is -2.12. The van der Waals surface area contributed by atoms with E-state index in [4.69, 9.17) is 16.3 Å². The number of anilines is 1. The third-order valence-corrected chi connectivity index (χ3v) is 3.75. The SMILES string of the molecule is COc1ccc(NC(=O)c2ccc([N+](=O)[O-])cc2Cl)cc1Br. The minimum atomic E-state index is -0.575. The Labute approximate surface area is 139 Å². The average molecular weight is 386 g/mol. The van der Waals surface area contributed by atoms with Crippen LogP contribution in [0.15, 0.2) is 40.9 Å². The summed E-state index contributed by atoms with van der Waals surface area (Å²) in [5.74, 6) is 0.170. The summed E-state index contributed by atoms with van der Waals surface area (Å²) in [5, 5.41) is 13.3. The van der Waals surface area contributed by atoms with E-state index in [0.717, 1.165) is 6.07 Å². The number of amides is 1. The van der Waals surface area contributed by atoms with Crippen LogP contribution in [-0.2, 0) is 0 Å². The van der Waals surface area contributed by atoms with Crippen molar-refractivity contribution in [2.75, 3.05) is 12.4 Å². The first-order chi connectivity index (χ1) is 10.4. The van der Waals surface area contributed by atoms with Crippen molar-refractivity contribution in [3.8, 4) is 5.75 Å². The number of methoxy groups -OCH3 is 1. The number of carbonyl (C=O) groups excluding carboxylic acids is 1. The monoisotopic (exact) mass is 384 g/mol. The lowest BCUT2D eigenvalue weighted by atomic mass is 10.2. The summed E-state index contributed by atoms with van der Waals surface area (Å²) in [6, 6.07) is 8.72. The predicted molar refractivity (Wildman–Crippen MR) is 86.8 cm³/mol. The van der Waals surface area contributed by atoms with Crippen molar-refractivity contribution in [2.24, 2.45) is 0 Å². The summed E-state index contributed by atoms with van der Waals surface area (Å²) in [7, 11) is 1.54. The van der Waals surface area contributed by atoms with Crippen molar-refractivity contribution >= 4 is 44.8 Å². The molecule has 8 heteroatoms. The molecule has 0 unspecified atom stereocenters. The van der Waals surface area contributed by atoms with Gasteiger partial charge in [-0.2, -0.15) is 0 Å². The van der Waals surface area contributed by atoms with Gasteiger partial charge in [-0.05, 0) is 40.2 Å². The van der Waals surface area contributed by atoms with E-state index in [1.54, 1.807) is 18.2 Å². The summed E-state index contributed by atoms with van der Waals surface area (Å²) < 4.78 is 5.78. The van der Waals surface area contributed by atoms with E-state index in [-0.39, 0.29) is 16.3 Å². The molecule has 0 heterocycles. The maximum Gasteiger partial charge on any atom is 0.270 e. The molecule has 114 valence electrons. The van der Waals surface area contributed by atoms with Gasteiger partial charge in [-0.25, -0.2) is 0 Å². The van der Waals surface area contributed by atoms with Crippen LogP contribution < -0.4 is 10.1 Å². The fourth-order valence-electron chi connectivity index (χ4n) is 1.74. The molecular weight excluding hydrogens is 376 g/mol. The van der Waals surface area contributed by atoms with Crippen LogP contribution in [0.2, 0.25) is 5.02 Å². The lowest BCUT2D eigenvalue weighted by molar-refractivity contribution is -0.384. The van der Waals surface area contributed by atoms with Gasteiger partial charge in [-0.15, -0.1) is 0 Å². The first-order valence-corrected chi connectivity index (χ1v) is 7.18. The van der Waals surface area contributed by atoms with Gasteiger partial charge in [0.2, 0.25) is 0 Å². The third-order valence-electron chi connectivity index (χ3n) is 2.82. The molecule has 0 spiro atoms. The Kier molecular flexibility index (Phi) is 4.99. The quantitative estimate of drug-likeness (QED) is 0.629. The lowest BCUT2D eigenvalue weighted by Crippen LogP contribution is -2.12. The van der Waals surface area contributed by atoms with E-state index in [0.29, 0.717) is 15.9 Å². The zero-order valence-corrected chi connectivity index (χ0v) is 13.6. The van der Waals surface area contributed by atoms with E-state index in [1.165, 1.54) is 19.2 Å². The molecule has 22 heavy (non-hydrogen) atoms. The summed E-state index contributed by atoms with van der Waals surface area (Å²) in [6.45, 7) is 0. The van der Waals surface area contributed by atoms with Crippen molar-refractivity contribution < 1.29 is 14.5 Å². The molecular formula is C14H10BrClN2O4. The molecule has 1 N–H and O–H groups in total. The number of hydrogen-bond donors (Lipinski definition) is 1. The molecule has 1 amide bonds. The highest BCUT2D eigenvalue weighted by molar-refractivity contribution is 9.10. The smallest absolute Gasteiger partial charge is 0.270 e. The number of halogens is 2. The van der Waals surface area contributed by atoms with Crippen molar-refractivity contribution in [1.82, 2.24) is 0 Å². The fourth-order valence-corrected chi connectivity index (χ4v) is 2.55. The highest BCUT2D eigenvalue weighted by atomic mass is 79.9. The Morgan fingerprint density at radius 2 is 2.05 bits per heavy atom. The summed E-state index contributed by atoms with van der Waals surface area (Å²) >= 11 is 9.24. The number of ether oxygens (including phenoxy) is 1. The molecule has 0 radical (unpaired) electrons. The first kappa shape index (κ1) is 16.3. The number of benzene rings is 2. The van der Waals surface area contributed by atoms with Gasteiger partial charge in [-0.1, -0.05) is 11.6 Å². The molecule has 0 aliphatic heterocycles. The van der Waals surface area contributed by atoms with Crippen LogP contribution in [0.3, 0.4) is 0 Å². The van der Waals surface area contributed by atoms with Crippen molar-refractivity contribution in [1.29, 1.82) is 0 Å². The zero-order valence-electron chi connectivity index (χ0n) is 11.3. The van der Waals surface area contributed by atoms with Crippen LogP contribution in [0.25, 0.3) is 0 Å². The summed E-state index contributed by atoms with van der Waals surface area (Å²) in [4.78, 5) is 22.2. The van der Waals surface area contributed by atoms with Crippen molar-refractivity contribution in [3.05, 3.63) is 61.6 Å². The minimum Gasteiger partial charge on any atom is -0.496 e. The highest BCUT2D eigenvalue weighted by Crippen LogP contribution is 2.28. The second-order valence-corrected chi connectivity index (χ2v) is 5.49. The van der Waals surface area contributed by atoms with Crippen molar-refractivity contribution in [2.45, 2.75) is 0 Å². The normalized spacial score (nSPS) is 10.1. The molecule has 0 saturated carbocycles. The maximum atomic E-state index is 12.2. The number of carbonyl (C=O) groups is 1. The third kappa shape index (κ3) is 3.55. The van der Waals surface area contributed by atoms with Gasteiger partial charge in [0.15, 0.2) is 0 Å². The van der Waals surface area contributed by atoms with Gasteiger partial charge in [0.05, 0.1) is 27.1 Å². The number of nitrogens with zero attached hydrogens (tertiary/aromatic N) is 1. The molecule has 6 nitrogen and oxygen atoms in total. The topological polar surface area (TPSA) is 81.5 Å². The maximum absolute atomic E-state index is 12.2. The molecule has 2 aromatic carbocycles. The van der Waals surface area contributed by atoms with Gasteiger partial charge < -0.3 is 10.1 Å². The number of non-ortho nitro benzene ring substituents is 1. The Bertz CT molecular complexity index is 752. The summed E-state index contributed by atoms with van der Waals surface area (Å²) in [5.41, 5.74) is 0.514. The number of nitro groups is 1. The average Bonchev–Trinajstić information content (AvgIpc) is 2.47. The van der Waals surface area contributed by atoms with E-state index in [9.17, 15) is 14.9 Å². The number of nitrogens with one attached hydrogen (secondary N) is 1. The number of nitro benzene ring substituents is 1. The standard InChI is InChI=1S/C14H10BrClN2O4/c1-22-13-5-2-8(6-11(13)15)17-14(19)10-4-3-9(18(20)21)7-12(10)16/h2-7H,1H3,(H,17,19). The van der Waals surface area contributed by atoms with Gasteiger partial charge in [0.1, 0.15) is 5.75 Å². The van der Waals surface area contributed by atoms with Crippen molar-refractivity contribution in [3.63, 3.8) is 0 Å². The van der Waals surface area contributed by atoms with Crippen LogP contribution in [0.5, 0.6) is 5.75 Å². The fraction of sp³-hybridized carbons (Fsp3) is 0.0714. The lowest BCUT2D eigenvalue weighted by Gasteiger charge is -2.09. The van der Waals surface area contributed by atoms with Crippen LogP contribution in [0, 0.1) is 10.1 Å². The molecule has 0 atom stereocenters. The van der Waals surface area contributed by atoms with E-state index in [1.807, 2.05) is 0 Å². The van der Waals surface area contributed by atoms with Crippen LogP contribution >= 0.6 is 27.5 Å². The largest absolute Gasteiger partial charge is 0.496 e. The molecule has 0 aliphatic carbocycles. The molecule has 0 aliphatic rings. The highest BCUT2D eigenvalue weighted by Gasteiger charge is 2.15. The van der Waals surface area contributed by atoms with Crippen LogP contribution in [-0.4, -0.2) is 17.9 Å². The number of rotatable bonds is 4. The molecule has 0 aromatic heterocycles. The Morgan fingerprint density at radius 1 is 1.32 bits per heavy atom. The predicted octanol–water partition coefficient (Wildman–Crippen LogP) is 4.27. The van der Waals surface area contributed by atoms with E-state index in [2.05, 4.69) is 21.2 Å². The molecule has 0 fully saturated rings. The number of hydrogen-bond acceptors (Lipinski definition) is 4. The molecule has 0 bridgehead atoms. The van der Waals surface area contributed by atoms with Gasteiger partial charge in [0, 0.05) is 17.8 Å². The van der Waals surface area contributed by atoms with E-state index >= 15 is 0 Å². The molecule has 0 saturated heterocycles. The van der Waals surface area contributed by atoms with Crippen LogP contribution in [0.1, 0.15) is 10.4 Å². The molecule has 2 rings (SSSR count). The second-order valence-electron chi connectivity index (χ2n) is 4.22. The Balaban J connectivity index is 2.22. The van der Waals surface area contributed by atoms with E-state index < -0.39 is 10.8 Å². The molecule has 2 aromatic rings.